The highest BCUT2D eigenvalue weighted by molar-refractivity contribution is 6.31. The van der Waals surface area contributed by atoms with E-state index in [0.717, 1.165) is 0 Å². The zero-order valence-corrected chi connectivity index (χ0v) is 10.6. The van der Waals surface area contributed by atoms with Crippen molar-refractivity contribution in [1.29, 1.82) is 0 Å². The topological polar surface area (TPSA) is 64.4 Å². The van der Waals surface area contributed by atoms with E-state index in [1.54, 1.807) is 31.2 Å². The van der Waals surface area contributed by atoms with Crippen molar-refractivity contribution in [3.05, 3.63) is 40.7 Å². The molecule has 1 N–H and O–H groups in total. The summed E-state index contributed by atoms with van der Waals surface area (Å²) in [7, 11) is 1.51. The first-order valence-electron chi connectivity index (χ1n) is 5.18. The second-order valence-corrected chi connectivity index (χ2v) is 4.07. The molecule has 0 unspecified atom stereocenters. The van der Waals surface area contributed by atoms with Gasteiger partial charge in [-0.15, -0.1) is 0 Å². The molecular formula is C12H11ClN2O3. The van der Waals surface area contributed by atoms with Crippen LogP contribution in [0.15, 0.2) is 28.8 Å². The van der Waals surface area contributed by atoms with E-state index in [2.05, 4.69) is 10.5 Å². The minimum absolute atomic E-state index is 0.134. The van der Waals surface area contributed by atoms with Crippen molar-refractivity contribution in [3.8, 4) is 5.75 Å². The Kier molecular flexibility index (Phi) is 3.53. The number of nitrogens with zero attached hydrogens (tertiary/aromatic N) is 1. The fourth-order valence-electron chi connectivity index (χ4n) is 1.43. The minimum atomic E-state index is -0.406. The van der Waals surface area contributed by atoms with E-state index in [9.17, 15) is 4.79 Å². The molecule has 0 spiro atoms. The summed E-state index contributed by atoms with van der Waals surface area (Å²) in [5.41, 5.74) is 1.11. The highest BCUT2D eigenvalue weighted by Gasteiger charge is 2.14. The van der Waals surface area contributed by atoms with Crippen molar-refractivity contribution >= 4 is 23.2 Å². The van der Waals surface area contributed by atoms with Crippen molar-refractivity contribution < 1.29 is 14.1 Å². The molecule has 0 radical (unpaired) electrons. The molecule has 0 fully saturated rings. The quantitative estimate of drug-likeness (QED) is 0.928. The molecule has 94 valence electrons. The Balaban J connectivity index is 2.23. The van der Waals surface area contributed by atoms with Gasteiger partial charge < -0.3 is 14.6 Å². The molecule has 1 aromatic carbocycles. The van der Waals surface area contributed by atoms with Crippen LogP contribution in [0.3, 0.4) is 0 Å². The number of halogens is 1. The molecule has 1 amide bonds. The predicted octanol–water partition coefficient (Wildman–Crippen LogP) is 2.90. The smallest absolute Gasteiger partial charge is 0.294 e. The van der Waals surface area contributed by atoms with E-state index in [-0.39, 0.29) is 5.76 Å². The van der Waals surface area contributed by atoms with Crippen LogP contribution in [0, 0.1) is 6.92 Å². The van der Waals surface area contributed by atoms with Gasteiger partial charge in [-0.1, -0.05) is 16.8 Å². The number of carbonyl (C=O) groups excluding carboxylic acids is 1. The van der Waals surface area contributed by atoms with Gasteiger partial charge in [0.05, 0.1) is 18.5 Å². The Labute approximate surface area is 109 Å². The summed E-state index contributed by atoms with van der Waals surface area (Å²) in [5.74, 6) is 0.245. The lowest BCUT2D eigenvalue weighted by Crippen LogP contribution is -2.11. The summed E-state index contributed by atoms with van der Waals surface area (Å²) >= 11 is 5.86. The first-order valence-corrected chi connectivity index (χ1v) is 5.56. The summed E-state index contributed by atoms with van der Waals surface area (Å²) in [6.45, 7) is 1.74. The van der Waals surface area contributed by atoms with Crippen LogP contribution in [0.5, 0.6) is 5.75 Å². The lowest BCUT2D eigenvalue weighted by molar-refractivity contribution is 0.0987. The van der Waals surface area contributed by atoms with Crippen LogP contribution in [0.1, 0.15) is 16.2 Å². The number of hydrogen-bond acceptors (Lipinski definition) is 4. The number of methoxy groups -OCH3 is 1. The molecular weight excluding hydrogens is 256 g/mol. The van der Waals surface area contributed by atoms with Gasteiger partial charge in [0, 0.05) is 11.1 Å². The first-order chi connectivity index (χ1) is 8.60. The highest BCUT2D eigenvalue weighted by atomic mass is 35.5. The van der Waals surface area contributed by atoms with Gasteiger partial charge in [0.1, 0.15) is 5.75 Å². The molecule has 2 rings (SSSR count). The van der Waals surface area contributed by atoms with Crippen molar-refractivity contribution in [3.63, 3.8) is 0 Å². The first kappa shape index (κ1) is 12.4. The van der Waals surface area contributed by atoms with Gasteiger partial charge in [0.25, 0.3) is 5.91 Å². The number of rotatable bonds is 3. The van der Waals surface area contributed by atoms with E-state index in [1.807, 2.05) is 0 Å². The fourth-order valence-corrected chi connectivity index (χ4v) is 1.60. The number of carbonyl (C=O) groups is 1. The fraction of sp³-hybridized carbons (Fsp3) is 0.167. The molecule has 0 saturated carbocycles. The van der Waals surface area contributed by atoms with Crippen molar-refractivity contribution in [2.45, 2.75) is 6.92 Å². The summed E-state index contributed by atoms with van der Waals surface area (Å²) in [6.07, 6.45) is 0. The highest BCUT2D eigenvalue weighted by Crippen LogP contribution is 2.28. The predicted molar refractivity (Wildman–Crippen MR) is 67.2 cm³/mol. The SMILES string of the molecule is COc1ccc(Cl)cc1NC(=O)c1cc(C)no1. The number of hydrogen-bond donors (Lipinski definition) is 1. The number of anilines is 1. The largest absolute Gasteiger partial charge is 0.495 e. The van der Waals surface area contributed by atoms with Crippen LogP contribution >= 0.6 is 11.6 Å². The van der Waals surface area contributed by atoms with Gasteiger partial charge in [0.2, 0.25) is 5.76 Å². The van der Waals surface area contributed by atoms with Gasteiger partial charge in [-0.3, -0.25) is 4.79 Å². The maximum Gasteiger partial charge on any atom is 0.294 e. The van der Waals surface area contributed by atoms with E-state index in [1.165, 1.54) is 7.11 Å². The number of benzene rings is 1. The molecule has 0 atom stereocenters. The molecule has 5 nitrogen and oxygen atoms in total. The monoisotopic (exact) mass is 266 g/mol. The average Bonchev–Trinajstić information content (AvgIpc) is 2.76. The van der Waals surface area contributed by atoms with E-state index in [4.69, 9.17) is 20.9 Å². The third kappa shape index (κ3) is 2.62. The van der Waals surface area contributed by atoms with Gasteiger partial charge in [0.15, 0.2) is 0 Å². The number of amides is 1. The van der Waals surface area contributed by atoms with Gasteiger partial charge in [-0.05, 0) is 25.1 Å². The van der Waals surface area contributed by atoms with Crippen LogP contribution < -0.4 is 10.1 Å². The normalized spacial score (nSPS) is 10.2. The van der Waals surface area contributed by atoms with Crippen LogP contribution in [-0.4, -0.2) is 18.2 Å². The van der Waals surface area contributed by atoms with Crippen LogP contribution in [0.4, 0.5) is 5.69 Å². The van der Waals surface area contributed by atoms with E-state index >= 15 is 0 Å². The maximum absolute atomic E-state index is 11.9. The Morgan fingerprint density at radius 3 is 2.83 bits per heavy atom. The van der Waals surface area contributed by atoms with Gasteiger partial charge in [-0.2, -0.15) is 0 Å². The van der Waals surface area contributed by atoms with Crippen LogP contribution in [0.2, 0.25) is 5.02 Å². The zero-order valence-electron chi connectivity index (χ0n) is 9.86. The number of ether oxygens (including phenoxy) is 1. The minimum Gasteiger partial charge on any atom is -0.495 e. The van der Waals surface area contributed by atoms with Gasteiger partial charge in [-0.25, -0.2) is 0 Å². The van der Waals surface area contributed by atoms with E-state index in [0.29, 0.717) is 22.2 Å². The molecule has 0 aliphatic carbocycles. The molecule has 0 aliphatic heterocycles. The van der Waals surface area contributed by atoms with Crippen molar-refractivity contribution in [1.82, 2.24) is 5.16 Å². The lowest BCUT2D eigenvalue weighted by Gasteiger charge is -2.09. The third-order valence-corrected chi connectivity index (χ3v) is 2.50. The Morgan fingerprint density at radius 2 is 2.22 bits per heavy atom. The number of nitrogens with one attached hydrogen (secondary N) is 1. The third-order valence-electron chi connectivity index (χ3n) is 2.26. The van der Waals surface area contributed by atoms with Crippen LogP contribution in [-0.2, 0) is 0 Å². The molecule has 0 bridgehead atoms. The van der Waals surface area contributed by atoms with E-state index < -0.39 is 5.91 Å². The Morgan fingerprint density at radius 1 is 1.44 bits per heavy atom. The number of aryl methyl sites for hydroxylation is 1. The summed E-state index contributed by atoms with van der Waals surface area (Å²) < 4.78 is 9.99. The maximum atomic E-state index is 11.9. The second kappa shape index (κ2) is 5.10. The summed E-state index contributed by atoms with van der Waals surface area (Å²) in [4.78, 5) is 11.9. The molecule has 18 heavy (non-hydrogen) atoms. The molecule has 2 aromatic rings. The average molecular weight is 267 g/mol. The molecule has 6 heteroatoms. The second-order valence-electron chi connectivity index (χ2n) is 3.63. The van der Waals surface area contributed by atoms with Gasteiger partial charge >= 0.3 is 0 Å². The van der Waals surface area contributed by atoms with Crippen molar-refractivity contribution in [2.75, 3.05) is 12.4 Å². The van der Waals surface area contributed by atoms with Crippen molar-refractivity contribution in [2.24, 2.45) is 0 Å². The molecule has 1 heterocycles. The molecule has 0 aliphatic rings. The Hall–Kier alpha value is -2.01. The Bertz CT molecular complexity index is 580. The molecule has 0 saturated heterocycles. The summed E-state index contributed by atoms with van der Waals surface area (Å²) in [6, 6.07) is 6.49. The lowest BCUT2D eigenvalue weighted by atomic mass is 10.2. The zero-order chi connectivity index (χ0) is 13.1. The summed E-state index contributed by atoms with van der Waals surface area (Å²) in [5, 5.41) is 6.80. The standard InChI is InChI=1S/C12H11ClN2O3/c1-7-5-11(18-15-7)12(16)14-9-6-8(13)3-4-10(9)17-2/h3-6H,1-2H3,(H,14,16). The van der Waals surface area contributed by atoms with Crippen LogP contribution in [0.25, 0.3) is 0 Å². The molecule has 1 aromatic heterocycles. The number of aromatic nitrogens is 1.